The lowest BCUT2D eigenvalue weighted by molar-refractivity contribution is 0.391. The third-order valence-corrected chi connectivity index (χ3v) is 4.24. The van der Waals surface area contributed by atoms with Crippen molar-refractivity contribution in [1.29, 1.82) is 0 Å². The molecule has 0 bridgehead atoms. The first-order chi connectivity index (χ1) is 9.67. The van der Waals surface area contributed by atoms with Gasteiger partial charge in [0.05, 0.1) is 12.8 Å². The number of hydrogen-bond acceptors (Lipinski definition) is 4. The van der Waals surface area contributed by atoms with Gasteiger partial charge in [-0.3, -0.25) is 0 Å². The number of ether oxygens (including phenoxy) is 1. The summed E-state index contributed by atoms with van der Waals surface area (Å²) in [6.07, 6.45) is 2.35. The maximum Gasteiger partial charge on any atom is 0.142 e. The van der Waals surface area contributed by atoms with Crippen molar-refractivity contribution in [1.82, 2.24) is 5.32 Å². The Kier molecular flexibility index (Phi) is 3.74. The van der Waals surface area contributed by atoms with Gasteiger partial charge < -0.3 is 20.3 Å². The second-order valence-electron chi connectivity index (χ2n) is 6.09. The van der Waals surface area contributed by atoms with Crippen LogP contribution in [0.3, 0.4) is 0 Å². The molecule has 0 aromatic heterocycles. The second kappa shape index (κ2) is 5.52. The fraction of sp³-hybridized carbons (Fsp3) is 0.625. The van der Waals surface area contributed by atoms with E-state index in [1.165, 1.54) is 23.4 Å². The van der Waals surface area contributed by atoms with E-state index in [1.807, 2.05) is 0 Å². The predicted octanol–water partition coefficient (Wildman–Crippen LogP) is 2.24. The zero-order valence-electron chi connectivity index (χ0n) is 12.7. The minimum Gasteiger partial charge on any atom is -0.495 e. The van der Waals surface area contributed by atoms with E-state index in [1.54, 1.807) is 7.11 Å². The van der Waals surface area contributed by atoms with Crippen molar-refractivity contribution < 1.29 is 4.74 Å². The molecule has 1 aromatic rings. The number of aryl methyl sites for hydroxylation is 1. The molecule has 0 spiro atoms. The summed E-state index contributed by atoms with van der Waals surface area (Å²) < 4.78 is 5.65. The van der Waals surface area contributed by atoms with Crippen molar-refractivity contribution in [2.75, 3.05) is 37.0 Å². The van der Waals surface area contributed by atoms with Crippen LogP contribution in [0.15, 0.2) is 12.1 Å². The molecule has 1 fully saturated rings. The van der Waals surface area contributed by atoms with Gasteiger partial charge in [-0.1, -0.05) is 0 Å². The molecule has 0 amide bonds. The van der Waals surface area contributed by atoms with Crippen LogP contribution < -0.4 is 20.3 Å². The fourth-order valence-electron chi connectivity index (χ4n) is 3.42. The second-order valence-corrected chi connectivity index (χ2v) is 6.09. The number of anilines is 2. The lowest BCUT2D eigenvalue weighted by Gasteiger charge is -2.38. The Balaban J connectivity index is 1.95. The number of fused-ring (bicyclic) bond motifs is 1. The van der Waals surface area contributed by atoms with Crippen LogP contribution in [-0.2, 0) is 6.42 Å². The molecule has 20 heavy (non-hydrogen) atoms. The topological polar surface area (TPSA) is 36.5 Å². The third kappa shape index (κ3) is 2.57. The summed E-state index contributed by atoms with van der Waals surface area (Å²) in [6.45, 7) is 7.61. The number of methoxy groups -OCH3 is 1. The van der Waals surface area contributed by atoms with Crippen LogP contribution in [0.5, 0.6) is 5.75 Å². The predicted molar refractivity (Wildman–Crippen MR) is 84.1 cm³/mol. The normalized spacial score (nSPS) is 25.9. The van der Waals surface area contributed by atoms with Gasteiger partial charge in [-0.15, -0.1) is 0 Å². The Labute approximate surface area is 121 Å². The number of piperazine rings is 1. The molecule has 1 aromatic carbocycles. The first kappa shape index (κ1) is 13.6. The van der Waals surface area contributed by atoms with Crippen LogP contribution in [0.25, 0.3) is 0 Å². The van der Waals surface area contributed by atoms with E-state index >= 15 is 0 Å². The summed E-state index contributed by atoms with van der Waals surface area (Å²) in [5, 5.41) is 7.10. The minimum atomic E-state index is 0.507. The zero-order chi connectivity index (χ0) is 14.1. The standard InChI is InChI=1S/C16H25N3O/c1-11-9-19(10-12(2)18-11)15-8-14-13(5-4-6-17-14)7-16(15)20-3/h7-8,11-12,17-18H,4-6,9-10H2,1-3H3/t11-,12+. The van der Waals surface area contributed by atoms with Gasteiger partial charge in [0.25, 0.3) is 0 Å². The highest BCUT2D eigenvalue weighted by Crippen LogP contribution is 2.37. The summed E-state index contributed by atoms with van der Waals surface area (Å²) in [4.78, 5) is 2.45. The van der Waals surface area contributed by atoms with Gasteiger partial charge in [-0.25, -0.2) is 0 Å². The van der Waals surface area contributed by atoms with Crippen molar-refractivity contribution in [3.63, 3.8) is 0 Å². The average molecular weight is 275 g/mol. The third-order valence-electron chi connectivity index (χ3n) is 4.24. The monoisotopic (exact) mass is 275 g/mol. The molecule has 2 aliphatic heterocycles. The van der Waals surface area contributed by atoms with Gasteiger partial charge in [0.1, 0.15) is 5.75 Å². The van der Waals surface area contributed by atoms with E-state index in [2.05, 4.69) is 41.5 Å². The van der Waals surface area contributed by atoms with Gasteiger partial charge in [0.2, 0.25) is 0 Å². The zero-order valence-corrected chi connectivity index (χ0v) is 12.7. The molecule has 4 heteroatoms. The lowest BCUT2D eigenvalue weighted by atomic mass is 10.0. The van der Waals surface area contributed by atoms with E-state index < -0.39 is 0 Å². The van der Waals surface area contributed by atoms with Crippen LogP contribution in [0.4, 0.5) is 11.4 Å². The Morgan fingerprint density at radius 1 is 1.20 bits per heavy atom. The maximum atomic E-state index is 5.65. The first-order valence-corrected chi connectivity index (χ1v) is 7.63. The largest absolute Gasteiger partial charge is 0.495 e. The molecule has 3 rings (SSSR count). The molecule has 110 valence electrons. The van der Waals surface area contributed by atoms with E-state index in [0.717, 1.165) is 31.8 Å². The SMILES string of the molecule is COc1cc2c(cc1N1C[C@@H](C)N[C@@H](C)C1)NCCC2. The van der Waals surface area contributed by atoms with Gasteiger partial charge in [-0.2, -0.15) is 0 Å². The van der Waals surface area contributed by atoms with Crippen molar-refractivity contribution >= 4 is 11.4 Å². The summed E-state index contributed by atoms with van der Waals surface area (Å²) in [6, 6.07) is 5.51. The molecule has 2 N–H and O–H groups in total. The van der Waals surface area contributed by atoms with Crippen LogP contribution >= 0.6 is 0 Å². The van der Waals surface area contributed by atoms with Crippen molar-refractivity contribution in [2.24, 2.45) is 0 Å². The molecule has 4 nitrogen and oxygen atoms in total. The number of rotatable bonds is 2. The summed E-state index contributed by atoms with van der Waals surface area (Å²) in [5.74, 6) is 1.01. The minimum absolute atomic E-state index is 0.507. The summed E-state index contributed by atoms with van der Waals surface area (Å²) in [5.41, 5.74) is 3.89. The number of benzene rings is 1. The van der Waals surface area contributed by atoms with Crippen LogP contribution in [0.1, 0.15) is 25.8 Å². The van der Waals surface area contributed by atoms with Crippen LogP contribution in [-0.4, -0.2) is 38.8 Å². The lowest BCUT2D eigenvalue weighted by Crippen LogP contribution is -2.54. The highest BCUT2D eigenvalue weighted by atomic mass is 16.5. The molecule has 2 heterocycles. The molecule has 2 aliphatic rings. The van der Waals surface area contributed by atoms with Gasteiger partial charge >= 0.3 is 0 Å². The highest BCUT2D eigenvalue weighted by Gasteiger charge is 2.24. The fourth-order valence-corrected chi connectivity index (χ4v) is 3.42. The molecule has 0 saturated carbocycles. The van der Waals surface area contributed by atoms with Gasteiger partial charge in [-0.05, 0) is 44.4 Å². The van der Waals surface area contributed by atoms with Crippen LogP contribution in [0, 0.1) is 0 Å². The van der Waals surface area contributed by atoms with E-state index in [4.69, 9.17) is 4.74 Å². The quantitative estimate of drug-likeness (QED) is 0.868. The van der Waals surface area contributed by atoms with Gasteiger partial charge in [0, 0.05) is 37.4 Å². The Morgan fingerprint density at radius 2 is 1.95 bits per heavy atom. The van der Waals surface area contributed by atoms with Crippen molar-refractivity contribution in [2.45, 2.75) is 38.8 Å². The van der Waals surface area contributed by atoms with E-state index in [-0.39, 0.29) is 0 Å². The average Bonchev–Trinajstić information content (AvgIpc) is 2.44. The smallest absolute Gasteiger partial charge is 0.142 e. The Morgan fingerprint density at radius 3 is 2.65 bits per heavy atom. The Bertz CT molecular complexity index is 479. The molecular formula is C16H25N3O. The van der Waals surface area contributed by atoms with Crippen molar-refractivity contribution in [3.05, 3.63) is 17.7 Å². The highest BCUT2D eigenvalue weighted by molar-refractivity contribution is 5.70. The molecular weight excluding hydrogens is 250 g/mol. The number of nitrogens with zero attached hydrogens (tertiary/aromatic N) is 1. The molecule has 0 aliphatic carbocycles. The number of nitrogens with one attached hydrogen (secondary N) is 2. The first-order valence-electron chi connectivity index (χ1n) is 7.63. The maximum absolute atomic E-state index is 5.65. The van der Waals surface area contributed by atoms with Crippen molar-refractivity contribution in [3.8, 4) is 5.75 Å². The van der Waals surface area contributed by atoms with Crippen LogP contribution in [0.2, 0.25) is 0 Å². The van der Waals surface area contributed by atoms with Gasteiger partial charge in [0.15, 0.2) is 0 Å². The molecule has 0 unspecified atom stereocenters. The summed E-state index contributed by atoms with van der Waals surface area (Å²) in [7, 11) is 1.77. The number of hydrogen-bond donors (Lipinski definition) is 2. The van der Waals surface area contributed by atoms with E-state index in [9.17, 15) is 0 Å². The molecule has 1 saturated heterocycles. The molecule has 0 radical (unpaired) electrons. The molecule has 2 atom stereocenters. The summed E-state index contributed by atoms with van der Waals surface area (Å²) >= 11 is 0. The van der Waals surface area contributed by atoms with E-state index in [0.29, 0.717) is 12.1 Å². The Hall–Kier alpha value is -1.42.